The van der Waals surface area contributed by atoms with Crippen LogP contribution in [0.25, 0.3) is 0 Å². The average molecular weight is 317 g/mol. The molecule has 6 heteroatoms. The first-order chi connectivity index (χ1) is 9.13. The van der Waals surface area contributed by atoms with E-state index in [0.717, 1.165) is 11.1 Å². The fourth-order valence-corrected chi connectivity index (χ4v) is 2.73. The van der Waals surface area contributed by atoms with Gasteiger partial charge in [-0.2, -0.15) is 0 Å². The third-order valence-corrected chi connectivity index (χ3v) is 3.83. The molecule has 0 amide bonds. The molecule has 3 N–H and O–H groups in total. The summed E-state index contributed by atoms with van der Waals surface area (Å²) in [5.41, 5.74) is 4.42. The summed E-state index contributed by atoms with van der Waals surface area (Å²) in [5.74, 6) is 5.61. The molecule has 0 aliphatic rings. The first-order valence-electron chi connectivity index (χ1n) is 5.62. The summed E-state index contributed by atoms with van der Waals surface area (Å²) in [5, 5.41) is 1.73. The van der Waals surface area contributed by atoms with Gasteiger partial charge in [0.2, 0.25) is 0 Å². The van der Waals surface area contributed by atoms with Crippen molar-refractivity contribution in [1.82, 2.24) is 10.4 Å². The van der Waals surface area contributed by atoms with Gasteiger partial charge in [0.25, 0.3) is 0 Å². The van der Waals surface area contributed by atoms with Crippen LogP contribution < -0.4 is 11.3 Å². The Balaban J connectivity index is 2.34. The highest BCUT2D eigenvalue weighted by molar-refractivity contribution is 6.36. The van der Waals surface area contributed by atoms with Crippen molar-refractivity contribution in [3.8, 4) is 0 Å². The number of hydrogen-bond donors (Lipinski definition) is 2. The number of pyridine rings is 1. The van der Waals surface area contributed by atoms with Crippen LogP contribution in [0.4, 0.5) is 0 Å². The van der Waals surface area contributed by atoms with Crippen LogP contribution >= 0.6 is 34.8 Å². The van der Waals surface area contributed by atoms with Crippen molar-refractivity contribution < 1.29 is 0 Å². The van der Waals surface area contributed by atoms with Crippen molar-refractivity contribution in [2.24, 2.45) is 5.84 Å². The minimum atomic E-state index is -0.221. The Hall–Kier alpha value is -0.840. The van der Waals surface area contributed by atoms with E-state index in [0.29, 0.717) is 21.5 Å². The smallest absolute Gasteiger partial charge is 0.0622 e. The van der Waals surface area contributed by atoms with Crippen molar-refractivity contribution >= 4 is 34.8 Å². The van der Waals surface area contributed by atoms with E-state index in [1.165, 1.54) is 0 Å². The highest BCUT2D eigenvalue weighted by Gasteiger charge is 2.18. The van der Waals surface area contributed by atoms with E-state index in [1.54, 1.807) is 30.6 Å². The molecule has 3 nitrogen and oxygen atoms in total. The number of hydrogen-bond acceptors (Lipinski definition) is 3. The second-order valence-electron chi connectivity index (χ2n) is 4.03. The topological polar surface area (TPSA) is 50.9 Å². The van der Waals surface area contributed by atoms with Gasteiger partial charge in [0.1, 0.15) is 0 Å². The number of nitrogens with two attached hydrogens (primary N) is 1. The lowest BCUT2D eigenvalue weighted by Gasteiger charge is -2.19. The van der Waals surface area contributed by atoms with Crippen LogP contribution in [-0.4, -0.2) is 4.98 Å². The zero-order chi connectivity index (χ0) is 13.8. The summed E-state index contributed by atoms with van der Waals surface area (Å²) in [7, 11) is 0. The van der Waals surface area contributed by atoms with Gasteiger partial charge >= 0.3 is 0 Å². The van der Waals surface area contributed by atoms with Crippen LogP contribution in [0, 0.1) is 0 Å². The Bertz CT molecular complexity index is 555. The van der Waals surface area contributed by atoms with Crippen LogP contribution in [0.1, 0.15) is 17.2 Å². The predicted molar refractivity (Wildman–Crippen MR) is 79.5 cm³/mol. The number of benzene rings is 1. The van der Waals surface area contributed by atoms with Gasteiger partial charge in [-0.3, -0.25) is 16.3 Å². The van der Waals surface area contributed by atoms with Gasteiger partial charge in [0.15, 0.2) is 0 Å². The summed E-state index contributed by atoms with van der Waals surface area (Å²) in [4.78, 5) is 3.95. The maximum absolute atomic E-state index is 6.18. The lowest BCUT2D eigenvalue weighted by Crippen LogP contribution is -2.30. The molecule has 0 saturated heterocycles. The molecule has 100 valence electrons. The van der Waals surface area contributed by atoms with Crippen LogP contribution in [0.5, 0.6) is 0 Å². The van der Waals surface area contributed by atoms with Gasteiger partial charge in [-0.05, 0) is 30.2 Å². The van der Waals surface area contributed by atoms with Gasteiger partial charge in [-0.1, -0.05) is 40.9 Å². The van der Waals surface area contributed by atoms with E-state index in [-0.39, 0.29) is 6.04 Å². The Kier molecular flexibility index (Phi) is 5.02. The third-order valence-electron chi connectivity index (χ3n) is 2.83. The molecule has 1 unspecified atom stereocenters. The number of hydrazine groups is 1. The summed E-state index contributed by atoms with van der Waals surface area (Å²) >= 11 is 18.5. The van der Waals surface area contributed by atoms with E-state index < -0.39 is 0 Å². The fourth-order valence-electron chi connectivity index (χ4n) is 1.88. The molecular weight excluding hydrogens is 305 g/mol. The summed E-state index contributed by atoms with van der Waals surface area (Å²) < 4.78 is 0. The first-order valence-corrected chi connectivity index (χ1v) is 6.75. The van der Waals surface area contributed by atoms with Crippen LogP contribution in [0.2, 0.25) is 15.1 Å². The van der Waals surface area contributed by atoms with Crippen molar-refractivity contribution in [2.45, 2.75) is 12.5 Å². The second-order valence-corrected chi connectivity index (χ2v) is 5.25. The molecule has 1 aromatic carbocycles. The van der Waals surface area contributed by atoms with Crippen molar-refractivity contribution in [1.29, 1.82) is 0 Å². The van der Waals surface area contributed by atoms with E-state index in [9.17, 15) is 0 Å². The third kappa shape index (κ3) is 3.38. The maximum Gasteiger partial charge on any atom is 0.0622 e. The largest absolute Gasteiger partial charge is 0.271 e. The molecule has 0 spiro atoms. The Morgan fingerprint density at radius 2 is 1.79 bits per heavy atom. The normalized spacial score (nSPS) is 12.4. The van der Waals surface area contributed by atoms with Crippen LogP contribution in [0.3, 0.4) is 0 Å². The molecule has 0 fully saturated rings. The highest BCUT2D eigenvalue weighted by Crippen LogP contribution is 2.32. The quantitative estimate of drug-likeness (QED) is 0.666. The number of nitrogens with one attached hydrogen (secondary N) is 1. The molecule has 1 aromatic heterocycles. The number of halogens is 3. The molecule has 2 rings (SSSR count). The first kappa shape index (κ1) is 14.6. The molecular formula is C13H12Cl3N3. The van der Waals surface area contributed by atoms with Gasteiger partial charge < -0.3 is 0 Å². The van der Waals surface area contributed by atoms with Crippen molar-refractivity contribution in [3.63, 3.8) is 0 Å². The highest BCUT2D eigenvalue weighted by atomic mass is 35.5. The van der Waals surface area contributed by atoms with Crippen molar-refractivity contribution in [2.75, 3.05) is 0 Å². The Morgan fingerprint density at radius 1 is 1.11 bits per heavy atom. The zero-order valence-electron chi connectivity index (χ0n) is 9.91. The molecule has 0 bridgehead atoms. The standard InChI is InChI=1S/C13H12Cl3N3/c14-9-2-1-3-10(15)13(9)12(19-17)6-8-4-5-18-7-11(8)16/h1-5,7,12,19H,6,17H2. The van der Waals surface area contributed by atoms with Gasteiger partial charge in [-0.15, -0.1) is 0 Å². The number of rotatable bonds is 4. The van der Waals surface area contributed by atoms with Crippen LogP contribution in [0.15, 0.2) is 36.7 Å². The maximum atomic E-state index is 6.18. The van der Waals surface area contributed by atoms with Crippen molar-refractivity contribution in [3.05, 3.63) is 62.9 Å². The lowest BCUT2D eigenvalue weighted by atomic mass is 10.00. The Morgan fingerprint density at radius 3 is 2.37 bits per heavy atom. The molecule has 0 aliphatic carbocycles. The summed E-state index contributed by atoms with van der Waals surface area (Å²) in [6.45, 7) is 0. The van der Waals surface area contributed by atoms with Gasteiger partial charge in [-0.25, -0.2) is 0 Å². The summed E-state index contributed by atoms with van der Waals surface area (Å²) in [6, 6.07) is 6.97. The van der Waals surface area contributed by atoms with Gasteiger partial charge in [0, 0.05) is 28.0 Å². The lowest BCUT2D eigenvalue weighted by molar-refractivity contribution is 0.552. The number of nitrogens with zero attached hydrogens (tertiary/aromatic N) is 1. The number of aromatic nitrogens is 1. The minimum absolute atomic E-state index is 0.221. The second kappa shape index (κ2) is 6.55. The monoisotopic (exact) mass is 315 g/mol. The SMILES string of the molecule is NNC(Cc1ccncc1Cl)c1c(Cl)cccc1Cl. The Labute approximate surface area is 126 Å². The van der Waals surface area contributed by atoms with Gasteiger partial charge in [0.05, 0.1) is 11.1 Å². The molecule has 0 radical (unpaired) electrons. The molecule has 2 aromatic rings. The molecule has 0 aliphatic heterocycles. The zero-order valence-corrected chi connectivity index (χ0v) is 12.2. The predicted octanol–water partition coefficient (Wildman–Crippen LogP) is 3.79. The fraction of sp³-hybridized carbons (Fsp3) is 0.154. The molecule has 1 atom stereocenters. The van der Waals surface area contributed by atoms with Crippen LogP contribution in [-0.2, 0) is 6.42 Å². The van der Waals surface area contributed by atoms with E-state index >= 15 is 0 Å². The molecule has 0 saturated carbocycles. The van der Waals surface area contributed by atoms with E-state index in [4.69, 9.17) is 40.6 Å². The van der Waals surface area contributed by atoms with E-state index in [1.807, 2.05) is 6.07 Å². The summed E-state index contributed by atoms with van der Waals surface area (Å²) in [6.07, 6.45) is 3.85. The molecule has 1 heterocycles. The minimum Gasteiger partial charge on any atom is -0.271 e. The molecule has 19 heavy (non-hydrogen) atoms. The van der Waals surface area contributed by atoms with E-state index in [2.05, 4.69) is 10.4 Å². The average Bonchev–Trinajstić information content (AvgIpc) is 2.39.